The van der Waals surface area contributed by atoms with Gasteiger partial charge in [-0.25, -0.2) is 14.4 Å². The number of amides is 1. The molecule has 1 amide bonds. The largest absolute Gasteiger partial charge is 0.496 e. The summed E-state index contributed by atoms with van der Waals surface area (Å²) in [6.45, 7) is 4.71. The predicted molar refractivity (Wildman–Crippen MR) is 121 cm³/mol. The van der Waals surface area contributed by atoms with Crippen molar-refractivity contribution >= 4 is 11.7 Å². The smallest absolute Gasteiger partial charge is 0.239 e. The van der Waals surface area contributed by atoms with Gasteiger partial charge in [0, 0.05) is 44.4 Å². The second-order valence-electron chi connectivity index (χ2n) is 7.72. The Morgan fingerprint density at radius 1 is 1.03 bits per heavy atom. The Balaban J connectivity index is 1.31. The Morgan fingerprint density at radius 3 is 2.53 bits per heavy atom. The maximum atomic E-state index is 13.7. The van der Waals surface area contributed by atoms with E-state index in [1.54, 1.807) is 12.1 Å². The lowest BCUT2D eigenvalue weighted by atomic mass is 10.1. The molecule has 0 saturated carbocycles. The van der Waals surface area contributed by atoms with Crippen molar-refractivity contribution in [2.75, 3.05) is 45.2 Å². The van der Waals surface area contributed by atoms with E-state index in [0.29, 0.717) is 29.4 Å². The highest BCUT2D eigenvalue weighted by molar-refractivity contribution is 5.91. The van der Waals surface area contributed by atoms with Crippen LogP contribution < -0.4 is 10.1 Å². The number of halogens is 1. The molecular formula is C24H26FN5O2. The summed E-state index contributed by atoms with van der Waals surface area (Å²) in [5, 5.41) is 2.82. The number of rotatable bonds is 7. The minimum Gasteiger partial charge on any atom is -0.496 e. The zero-order chi connectivity index (χ0) is 22.3. The van der Waals surface area contributed by atoms with Crippen LogP contribution in [0.4, 0.5) is 10.2 Å². The predicted octanol–water partition coefficient (Wildman–Crippen LogP) is 3.05. The number of ether oxygens (including phenoxy) is 1. The van der Waals surface area contributed by atoms with Crippen LogP contribution in [0, 0.1) is 5.82 Å². The molecule has 0 unspecified atom stereocenters. The van der Waals surface area contributed by atoms with E-state index < -0.39 is 5.82 Å². The number of nitrogens with one attached hydrogen (secondary N) is 1. The topological polar surface area (TPSA) is 70.6 Å². The molecule has 0 spiro atoms. The molecule has 0 atom stereocenters. The Hall–Kier alpha value is -3.36. The lowest BCUT2D eigenvalue weighted by Gasteiger charge is -2.34. The van der Waals surface area contributed by atoms with E-state index in [-0.39, 0.29) is 5.91 Å². The molecule has 0 bridgehead atoms. The quantitative estimate of drug-likeness (QED) is 0.615. The molecular weight excluding hydrogens is 409 g/mol. The number of aromatic nitrogens is 2. The first-order chi connectivity index (χ1) is 15.6. The summed E-state index contributed by atoms with van der Waals surface area (Å²) < 4.78 is 19.0. The monoisotopic (exact) mass is 435 g/mol. The van der Waals surface area contributed by atoms with Crippen LogP contribution in [0.1, 0.15) is 5.56 Å². The third-order valence-electron chi connectivity index (χ3n) is 5.45. The fraction of sp³-hybridized carbons (Fsp3) is 0.292. The average molecular weight is 436 g/mol. The zero-order valence-electron chi connectivity index (χ0n) is 18.0. The molecule has 3 aromatic rings. The number of hydrogen-bond donors (Lipinski definition) is 1. The van der Waals surface area contributed by atoms with E-state index in [4.69, 9.17) is 4.74 Å². The van der Waals surface area contributed by atoms with Crippen LogP contribution in [-0.4, -0.2) is 65.5 Å². The van der Waals surface area contributed by atoms with Gasteiger partial charge in [-0.2, -0.15) is 0 Å². The summed E-state index contributed by atoms with van der Waals surface area (Å²) >= 11 is 0. The number of benzene rings is 2. The molecule has 1 N–H and O–H groups in total. The Kier molecular flexibility index (Phi) is 7.03. The van der Waals surface area contributed by atoms with Gasteiger partial charge in [0.2, 0.25) is 5.91 Å². The maximum absolute atomic E-state index is 13.7. The standard InChI is InChI=1S/C24H26FN5O2/c1-32-22-8-7-19(25)13-20(22)21-14-23(27-17-26-21)28-24(31)16-30-11-9-29(10-12-30)15-18-5-3-2-4-6-18/h2-8,13-14,17H,9-12,15-16H2,1H3,(H,26,27,28,31). The van der Waals surface area contributed by atoms with E-state index in [2.05, 4.69) is 49.4 Å². The number of carbonyl (C=O) groups excluding carboxylic acids is 1. The van der Waals surface area contributed by atoms with Gasteiger partial charge in [-0.1, -0.05) is 30.3 Å². The number of methoxy groups -OCH3 is 1. The highest BCUT2D eigenvalue weighted by atomic mass is 19.1. The summed E-state index contributed by atoms with van der Waals surface area (Å²) in [6.07, 6.45) is 1.34. The van der Waals surface area contributed by atoms with Crippen molar-refractivity contribution in [3.63, 3.8) is 0 Å². The van der Waals surface area contributed by atoms with Gasteiger partial charge in [0.1, 0.15) is 23.7 Å². The average Bonchev–Trinajstić information content (AvgIpc) is 2.81. The lowest BCUT2D eigenvalue weighted by Crippen LogP contribution is -2.48. The van der Waals surface area contributed by atoms with Crippen LogP contribution in [0.5, 0.6) is 5.75 Å². The Morgan fingerprint density at radius 2 is 1.78 bits per heavy atom. The highest BCUT2D eigenvalue weighted by Crippen LogP contribution is 2.29. The minimum absolute atomic E-state index is 0.141. The summed E-state index contributed by atoms with van der Waals surface area (Å²) in [6, 6.07) is 16.2. The van der Waals surface area contributed by atoms with Crippen molar-refractivity contribution in [3.8, 4) is 17.0 Å². The second kappa shape index (κ2) is 10.3. The molecule has 32 heavy (non-hydrogen) atoms. The molecule has 166 valence electrons. The highest BCUT2D eigenvalue weighted by Gasteiger charge is 2.19. The number of piperazine rings is 1. The van der Waals surface area contributed by atoms with Crippen molar-refractivity contribution in [1.82, 2.24) is 19.8 Å². The molecule has 1 fully saturated rings. The van der Waals surface area contributed by atoms with Crippen LogP contribution in [0.25, 0.3) is 11.3 Å². The molecule has 1 aromatic heterocycles. The first kappa shape index (κ1) is 21.9. The molecule has 8 heteroatoms. The fourth-order valence-corrected chi connectivity index (χ4v) is 3.79. The molecule has 2 heterocycles. The van der Waals surface area contributed by atoms with E-state index in [1.165, 1.54) is 31.1 Å². The van der Waals surface area contributed by atoms with E-state index in [0.717, 1.165) is 32.7 Å². The number of anilines is 1. The third-order valence-corrected chi connectivity index (χ3v) is 5.45. The van der Waals surface area contributed by atoms with Crippen molar-refractivity contribution in [2.45, 2.75) is 6.54 Å². The van der Waals surface area contributed by atoms with E-state index in [1.807, 2.05) is 6.07 Å². The number of carbonyl (C=O) groups is 1. The van der Waals surface area contributed by atoms with Crippen LogP contribution in [-0.2, 0) is 11.3 Å². The molecule has 1 saturated heterocycles. The Bertz CT molecular complexity index is 1060. The van der Waals surface area contributed by atoms with Gasteiger partial charge in [-0.3, -0.25) is 14.6 Å². The molecule has 7 nitrogen and oxygen atoms in total. The number of nitrogens with zero attached hydrogens (tertiary/aromatic N) is 4. The van der Waals surface area contributed by atoms with Crippen molar-refractivity contribution in [1.29, 1.82) is 0 Å². The molecule has 1 aliphatic rings. The molecule has 0 aliphatic carbocycles. The van der Waals surface area contributed by atoms with Crippen LogP contribution in [0.15, 0.2) is 60.9 Å². The van der Waals surface area contributed by atoms with Gasteiger partial charge in [0.15, 0.2) is 0 Å². The van der Waals surface area contributed by atoms with Gasteiger partial charge in [0.05, 0.1) is 19.3 Å². The molecule has 0 radical (unpaired) electrons. The second-order valence-corrected chi connectivity index (χ2v) is 7.72. The summed E-state index contributed by atoms with van der Waals surface area (Å²) in [5.74, 6) is 0.332. The van der Waals surface area contributed by atoms with Crippen molar-refractivity contribution < 1.29 is 13.9 Å². The zero-order valence-corrected chi connectivity index (χ0v) is 18.0. The summed E-state index contributed by atoms with van der Waals surface area (Å²) in [7, 11) is 1.51. The number of hydrogen-bond acceptors (Lipinski definition) is 6. The lowest BCUT2D eigenvalue weighted by molar-refractivity contribution is -0.117. The van der Waals surface area contributed by atoms with Gasteiger partial charge in [0.25, 0.3) is 0 Å². The first-order valence-corrected chi connectivity index (χ1v) is 10.5. The van der Waals surface area contributed by atoms with Crippen LogP contribution in [0.2, 0.25) is 0 Å². The van der Waals surface area contributed by atoms with Crippen molar-refractivity contribution in [2.24, 2.45) is 0 Å². The molecule has 1 aliphatic heterocycles. The van der Waals surface area contributed by atoms with Gasteiger partial charge in [-0.05, 0) is 23.8 Å². The molecule has 4 rings (SSSR count). The van der Waals surface area contributed by atoms with Gasteiger partial charge >= 0.3 is 0 Å². The minimum atomic E-state index is -0.392. The Labute approximate surface area is 186 Å². The van der Waals surface area contributed by atoms with Crippen LogP contribution in [0.3, 0.4) is 0 Å². The van der Waals surface area contributed by atoms with Gasteiger partial charge < -0.3 is 10.1 Å². The normalized spacial score (nSPS) is 14.8. The van der Waals surface area contributed by atoms with E-state index in [9.17, 15) is 9.18 Å². The van der Waals surface area contributed by atoms with E-state index >= 15 is 0 Å². The van der Waals surface area contributed by atoms with Gasteiger partial charge in [-0.15, -0.1) is 0 Å². The first-order valence-electron chi connectivity index (χ1n) is 10.5. The van der Waals surface area contributed by atoms with Crippen molar-refractivity contribution in [3.05, 3.63) is 72.3 Å². The summed E-state index contributed by atoms with van der Waals surface area (Å²) in [4.78, 5) is 25.4. The third kappa shape index (κ3) is 5.66. The van der Waals surface area contributed by atoms with Crippen LogP contribution >= 0.6 is 0 Å². The maximum Gasteiger partial charge on any atom is 0.239 e. The summed E-state index contributed by atoms with van der Waals surface area (Å²) in [5.41, 5.74) is 2.27. The SMILES string of the molecule is COc1ccc(F)cc1-c1cc(NC(=O)CN2CCN(Cc3ccccc3)CC2)ncn1. The fourth-order valence-electron chi connectivity index (χ4n) is 3.79. The molecule has 2 aromatic carbocycles.